The normalized spacial score (nSPS) is 15.4. The van der Waals surface area contributed by atoms with Crippen LogP contribution in [0.5, 0.6) is 5.88 Å². The minimum absolute atomic E-state index is 0.0162. The summed E-state index contributed by atoms with van der Waals surface area (Å²) in [7, 11) is 0. The number of nitrogens with zero attached hydrogens (tertiary/aromatic N) is 4. The Kier molecular flexibility index (Phi) is 7.84. The van der Waals surface area contributed by atoms with E-state index in [1.807, 2.05) is 30.6 Å². The Morgan fingerprint density at radius 3 is 2.50 bits per heavy atom. The molecule has 0 aliphatic carbocycles. The summed E-state index contributed by atoms with van der Waals surface area (Å²) < 4.78 is 5.32. The Labute approximate surface area is 155 Å². The van der Waals surface area contributed by atoms with Gasteiger partial charge >= 0.3 is 0 Å². The molecule has 1 aliphatic heterocycles. The smallest absolute Gasteiger partial charge is 0.255 e. The molecule has 0 unspecified atom stereocenters. The van der Waals surface area contributed by atoms with Gasteiger partial charge < -0.3 is 14.5 Å². The van der Waals surface area contributed by atoms with Crippen molar-refractivity contribution in [1.29, 1.82) is 0 Å². The number of aromatic nitrogens is 1. The van der Waals surface area contributed by atoms with Crippen molar-refractivity contribution in [1.82, 2.24) is 19.7 Å². The van der Waals surface area contributed by atoms with E-state index >= 15 is 0 Å². The molecule has 1 aromatic rings. The molecule has 1 fully saturated rings. The van der Waals surface area contributed by atoms with Crippen molar-refractivity contribution in [2.24, 2.45) is 0 Å². The minimum atomic E-state index is -0.0162. The molecular weight excluding hydrogens is 332 g/mol. The molecule has 7 heteroatoms. The molecule has 0 saturated carbocycles. The van der Waals surface area contributed by atoms with E-state index in [1.54, 1.807) is 18.3 Å². The lowest BCUT2D eigenvalue weighted by Gasteiger charge is -2.25. The third-order valence-corrected chi connectivity index (χ3v) is 4.63. The minimum Gasteiger partial charge on any atom is -0.478 e. The summed E-state index contributed by atoms with van der Waals surface area (Å²) in [4.78, 5) is 35.0. The van der Waals surface area contributed by atoms with Crippen molar-refractivity contribution in [2.45, 2.75) is 27.2 Å². The highest BCUT2D eigenvalue weighted by Crippen LogP contribution is 2.12. The van der Waals surface area contributed by atoms with E-state index in [1.165, 1.54) is 0 Å². The van der Waals surface area contributed by atoms with E-state index in [2.05, 4.69) is 9.88 Å². The van der Waals surface area contributed by atoms with Crippen LogP contribution in [0.4, 0.5) is 0 Å². The number of carbonyl (C=O) groups excluding carboxylic acids is 2. The molecule has 0 aromatic carbocycles. The number of hydrogen-bond donors (Lipinski definition) is 0. The van der Waals surface area contributed by atoms with E-state index in [4.69, 9.17) is 4.74 Å². The summed E-state index contributed by atoms with van der Waals surface area (Å²) in [6.07, 6.45) is 2.43. The SMILES string of the molecule is CCOc1ccc(C(=O)N2CCCN(CC(=O)N(CC)CC)CC2)cn1. The number of hydrogen-bond acceptors (Lipinski definition) is 5. The molecule has 0 N–H and O–H groups in total. The second kappa shape index (κ2) is 10.1. The Morgan fingerprint density at radius 2 is 1.88 bits per heavy atom. The molecule has 0 atom stereocenters. The Balaban J connectivity index is 1.91. The zero-order valence-electron chi connectivity index (χ0n) is 16.1. The van der Waals surface area contributed by atoms with Crippen LogP contribution in [0.15, 0.2) is 18.3 Å². The van der Waals surface area contributed by atoms with Gasteiger partial charge in [0, 0.05) is 51.5 Å². The zero-order valence-corrected chi connectivity index (χ0v) is 16.1. The van der Waals surface area contributed by atoms with Crippen molar-refractivity contribution in [3.63, 3.8) is 0 Å². The topological polar surface area (TPSA) is 66.0 Å². The lowest BCUT2D eigenvalue weighted by atomic mass is 10.2. The van der Waals surface area contributed by atoms with Crippen molar-refractivity contribution < 1.29 is 14.3 Å². The van der Waals surface area contributed by atoms with Crippen LogP contribution in [0.25, 0.3) is 0 Å². The molecule has 2 amide bonds. The molecule has 0 spiro atoms. The van der Waals surface area contributed by atoms with E-state index in [0.29, 0.717) is 44.2 Å². The van der Waals surface area contributed by atoms with Crippen molar-refractivity contribution in [3.8, 4) is 5.88 Å². The number of likely N-dealkylation sites (N-methyl/N-ethyl adjacent to an activating group) is 1. The highest BCUT2D eigenvalue weighted by atomic mass is 16.5. The van der Waals surface area contributed by atoms with Crippen molar-refractivity contribution in [2.75, 3.05) is 52.4 Å². The van der Waals surface area contributed by atoms with Crippen LogP contribution in [0.2, 0.25) is 0 Å². The maximum atomic E-state index is 12.7. The molecular formula is C19H30N4O3. The second-order valence-corrected chi connectivity index (χ2v) is 6.31. The molecule has 2 rings (SSSR count). The molecule has 7 nitrogen and oxygen atoms in total. The van der Waals surface area contributed by atoms with Crippen LogP contribution in [-0.4, -0.2) is 83.9 Å². The average molecular weight is 362 g/mol. The quantitative estimate of drug-likeness (QED) is 0.735. The van der Waals surface area contributed by atoms with Gasteiger partial charge in [0.2, 0.25) is 11.8 Å². The van der Waals surface area contributed by atoms with Crippen molar-refractivity contribution in [3.05, 3.63) is 23.9 Å². The maximum Gasteiger partial charge on any atom is 0.255 e. The number of amides is 2. The lowest BCUT2D eigenvalue weighted by Crippen LogP contribution is -2.42. The van der Waals surface area contributed by atoms with Crippen molar-refractivity contribution >= 4 is 11.8 Å². The number of carbonyl (C=O) groups is 2. The maximum absolute atomic E-state index is 12.7. The second-order valence-electron chi connectivity index (χ2n) is 6.31. The van der Waals surface area contributed by atoms with E-state index in [9.17, 15) is 9.59 Å². The van der Waals surface area contributed by atoms with Crippen LogP contribution in [0.1, 0.15) is 37.6 Å². The highest BCUT2D eigenvalue weighted by Gasteiger charge is 2.22. The summed E-state index contributed by atoms with van der Waals surface area (Å²) in [6, 6.07) is 3.48. The van der Waals surface area contributed by atoms with Gasteiger partial charge in [-0.2, -0.15) is 0 Å². The zero-order chi connectivity index (χ0) is 18.9. The first-order chi connectivity index (χ1) is 12.6. The predicted molar refractivity (Wildman–Crippen MR) is 100 cm³/mol. The Hall–Kier alpha value is -2.15. The number of pyridine rings is 1. The van der Waals surface area contributed by atoms with Crippen LogP contribution < -0.4 is 4.74 Å². The van der Waals surface area contributed by atoms with Crippen LogP contribution in [-0.2, 0) is 4.79 Å². The van der Waals surface area contributed by atoms with Gasteiger partial charge in [0.15, 0.2) is 0 Å². The van der Waals surface area contributed by atoms with Gasteiger partial charge in [0.1, 0.15) is 0 Å². The Morgan fingerprint density at radius 1 is 1.12 bits per heavy atom. The molecule has 1 aromatic heterocycles. The summed E-state index contributed by atoms with van der Waals surface area (Å²) in [6.45, 7) is 11.2. The Bertz CT molecular complexity index is 587. The monoisotopic (exact) mass is 362 g/mol. The predicted octanol–water partition coefficient (Wildman–Crippen LogP) is 1.50. The van der Waals surface area contributed by atoms with Crippen LogP contribution in [0.3, 0.4) is 0 Å². The third kappa shape index (κ3) is 5.42. The number of ether oxygens (including phenoxy) is 1. The average Bonchev–Trinajstić information content (AvgIpc) is 2.89. The summed E-state index contributed by atoms with van der Waals surface area (Å²) in [5.41, 5.74) is 0.570. The summed E-state index contributed by atoms with van der Waals surface area (Å²) in [5.74, 6) is 0.670. The fourth-order valence-electron chi connectivity index (χ4n) is 3.12. The molecule has 144 valence electrons. The van der Waals surface area contributed by atoms with Gasteiger partial charge in [0.25, 0.3) is 5.91 Å². The van der Waals surface area contributed by atoms with Crippen LogP contribution in [0, 0.1) is 0 Å². The molecule has 1 aliphatic rings. The fourth-order valence-corrected chi connectivity index (χ4v) is 3.12. The summed E-state index contributed by atoms with van der Waals surface area (Å²) in [5, 5.41) is 0. The van der Waals surface area contributed by atoms with Gasteiger partial charge in [-0.25, -0.2) is 4.98 Å². The summed E-state index contributed by atoms with van der Waals surface area (Å²) >= 11 is 0. The van der Waals surface area contributed by atoms with Crippen LogP contribution >= 0.6 is 0 Å². The molecule has 0 bridgehead atoms. The van der Waals surface area contributed by atoms with Gasteiger partial charge in [-0.15, -0.1) is 0 Å². The molecule has 1 saturated heterocycles. The lowest BCUT2D eigenvalue weighted by molar-refractivity contribution is -0.132. The molecule has 2 heterocycles. The first kappa shape index (κ1) is 20.2. The first-order valence-corrected chi connectivity index (χ1v) is 9.47. The van der Waals surface area contributed by atoms with Gasteiger partial charge in [-0.3, -0.25) is 14.5 Å². The van der Waals surface area contributed by atoms with E-state index < -0.39 is 0 Å². The standard InChI is InChI=1S/C19H30N4O3/c1-4-22(5-2)18(24)15-21-10-7-11-23(13-12-21)19(25)16-8-9-17(20-14-16)26-6-3/h8-9,14H,4-7,10-13,15H2,1-3H3. The first-order valence-electron chi connectivity index (χ1n) is 9.47. The molecule has 26 heavy (non-hydrogen) atoms. The van der Waals surface area contributed by atoms with Gasteiger partial charge in [-0.05, 0) is 33.3 Å². The van der Waals surface area contributed by atoms with Gasteiger partial charge in [0.05, 0.1) is 18.7 Å². The van der Waals surface area contributed by atoms with E-state index in [0.717, 1.165) is 26.1 Å². The highest BCUT2D eigenvalue weighted by molar-refractivity contribution is 5.94. The fraction of sp³-hybridized carbons (Fsp3) is 0.632. The van der Waals surface area contributed by atoms with E-state index in [-0.39, 0.29) is 11.8 Å². The number of rotatable bonds is 7. The van der Waals surface area contributed by atoms with Gasteiger partial charge in [-0.1, -0.05) is 0 Å². The largest absolute Gasteiger partial charge is 0.478 e. The molecule has 0 radical (unpaired) electrons. The third-order valence-electron chi connectivity index (χ3n) is 4.63.